The fourth-order valence-corrected chi connectivity index (χ4v) is 14.9. The highest BCUT2D eigenvalue weighted by atomic mass is 28.5. The molecule has 0 bridgehead atoms. The molecule has 126 valence electrons. The van der Waals surface area contributed by atoms with E-state index in [2.05, 4.69) is 39.4 Å². The predicted molar refractivity (Wildman–Crippen MR) is 107 cm³/mol. The van der Waals surface area contributed by atoms with Gasteiger partial charge in [-0.2, -0.15) is 0 Å². The first-order valence-corrected chi connectivity index (χ1v) is 18.9. The molecule has 0 N–H and O–H groups in total. The average molecular weight is 391 g/mol. The predicted octanol–water partition coefficient (Wildman–Crippen LogP) is 2.66. The van der Waals surface area contributed by atoms with E-state index in [0.29, 0.717) is 0 Å². The van der Waals surface area contributed by atoms with Crippen molar-refractivity contribution in [3.63, 3.8) is 0 Å². The minimum Gasteiger partial charge on any atom is -0.394 e. The van der Waals surface area contributed by atoms with Crippen molar-refractivity contribution in [2.75, 3.05) is 0 Å². The van der Waals surface area contributed by atoms with E-state index in [1.807, 2.05) is 42.4 Å². The van der Waals surface area contributed by atoms with E-state index >= 15 is 0 Å². The Morgan fingerprint density at radius 1 is 0.727 bits per heavy atom. The molecule has 0 saturated carbocycles. The lowest BCUT2D eigenvalue weighted by Gasteiger charge is -2.38. The first-order chi connectivity index (χ1) is 10.1. The highest BCUT2D eigenvalue weighted by Crippen LogP contribution is 2.23. The number of hydrogen-bond donors (Lipinski definition) is 0. The molecule has 0 radical (unpaired) electrons. The fourth-order valence-electron chi connectivity index (χ4n) is 1.35. The minimum atomic E-state index is -3.24. The van der Waals surface area contributed by atoms with E-state index in [1.54, 1.807) is 0 Å². The van der Waals surface area contributed by atoms with E-state index in [-0.39, 0.29) is 0 Å². The first kappa shape index (κ1) is 21.9. The van der Waals surface area contributed by atoms with Gasteiger partial charge in [0.25, 0.3) is 0 Å². The second-order valence-electron chi connectivity index (χ2n) is 5.59. The van der Waals surface area contributed by atoms with Crippen LogP contribution >= 0.6 is 0 Å². The van der Waals surface area contributed by atoms with Crippen molar-refractivity contribution < 1.29 is 16.5 Å². The first-order valence-electron chi connectivity index (χ1n) is 7.38. The summed E-state index contributed by atoms with van der Waals surface area (Å²) in [6.07, 6.45) is 0. The second-order valence-corrected chi connectivity index (χ2v) is 19.5. The van der Waals surface area contributed by atoms with Crippen LogP contribution in [0, 0.1) is 0 Å². The zero-order valence-corrected chi connectivity index (χ0v) is 20.0. The molecule has 0 saturated heterocycles. The summed E-state index contributed by atoms with van der Waals surface area (Å²) in [6, 6.07) is 0. The third-order valence-electron chi connectivity index (χ3n) is 2.87. The molecule has 0 fully saturated rings. The van der Waals surface area contributed by atoms with E-state index in [9.17, 15) is 0 Å². The van der Waals surface area contributed by atoms with Crippen molar-refractivity contribution in [3.8, 4) is 0 Å². The molecule has 3 unspecified atom stereocenters. The lowest BCUT2D eigenvalue weighted by Crippen LogP contribution is -2.60. The monoisotopic (exact) mass is 390 g/mol. The fraction of sp³-hybridized carbons (Fsp3) is 0.385. The van der Waals surface area contributed by atoms with Crippen molar-refractivity contribution in [1.82, 2.24) is 0 Å². The molecule has 22 heavy (non-hydrogen) atoms. The maximum atomic E-state index is 6.35. The summed E-state index contributed by atoms with van der Waals surface area (Å²) in [5.74, 6) is 0. The molecule has 9 heteroatoms. The van der Waals surface area contributed by atoms with Gasteiger partial charge in [-0.25, -0.2) is 0 Å². The molecular weight excluding hydrogens is 361 g/mol. The molecule has 0 rings (SSSR count). The van der Waals surface area contributed by atoms with Gasteiger partial charge in [-0.05, 0) is 32.7 Å². The molecule has 0 heterocycles. The van der Waals surface area contributed by atoms with E-state index in [1.165, 1.54) is 0 Å². The van der Waals surface area contributed by atoms with Gasteiger partial charge >= 0.3 is 9.05 Å². The molecule has 0 aliphatic heterocycles. The quantitative estimate of drug-likeness (QED) is 0.480. The van der Waals surface area contributed by atoms with Gasteiger partial charge in [0.15, 0.2) is 27.1 Å². The van der Waals surface area contributed by atoms with Crippen LogP contribution in [0.3, 0.4) is 0 Å². The molecule has 0 aromatic carbocycles. The standard InChI is InChI=1S/C13H30O4Si5/c1-10-18(5)14-22(15-19(6)11-2,16-20(7)12-3)17-21(8,9)13-4/h10-13,18-20H,1-4H2,5-9H3. The molecular formula is C13H30O4Si5. The highest BCUT2D eigenvalue weighted by molar-refractivity contribution is 6.88. The van der Waals surface area contributed by atoms with Crippen LogP contribution in [0.1, 0.15) is 0 Å². The van der Waals surface area contributed by atoms with E-state index < -0.39 is 44.5 Å². The molecule has 0 aromatic heterocycles. The van der Waals surface area contributed by atoms with Crippen LogP contribution in [0.15, 0.2) is 49.1 Å². The maximum Gasteiger partial charge on any atom is 0.637 e. The van der Waals surface area contributed by atoms with Gasteiger partial charge in [0.05, 0.1) is 0 Å². The Hall–Kier alpha value is -0.116. The molecule has 0 aliphatic carbocycles. The van der Waals surface area contributed by atoms with Crippen molar-refractivity contribution in [2.45, 2.75) is 32.7 Å². The normalized spacial score (nSPS) is 18.6. The summed E-state index contributed by atoms with van der Waals surface area (Å²) in [4.78, 5) is 0. The Labute approximate surface area is 142 Å². The van der Waals surface area contributed by atoms with Crippen LogP contribution in [-0.4, -0.2) is 44.5 Å². The lowest BCUT2D eigenvalue weighted by atomic mass is 11.3. The van der Waals surface area contributed by atoms with Gasteiger partial charge in [0.1, 0.15) is 0 Å². The van der Waals surface area contributed by atoms with Gasteiger partial charge in [0.2, 0.25) is 8.32 Å². The van der Waals surface area contributed by atoms with E-state index in [4.69, 9.17) is 16.5 Å². The summed E-state index contributed by atoms with van der Waals surface area (Å²) in [6.45, 7) is 25.6. The van der Waals surface area contributed by atoms with Gasteiger partial charge in [-0.3, -0.25) is 0 Å². The van der Waals surface area contributed by atoms with Crippen LogP contribution in [0.4, 0.5) is 0 Å². The third-order valence-corrected chi connectivity index (χ3v) is 16.9. The minimum absolute atomic E-state index is 1.63. The lowest BCUT2D eigenvalue weighted by molar-refractivity contribution is 0.163. The second kappa shape index (κ2) is 9.90. The van der Waals surface area contributed by atoms with Gasteiger partial charge in [0, 0.05) is 0 Å². The Morgan fingerprint density at radius 2 is 1.05 bits per heavy atom. The molecule has 3 atom stereocenters. The van der Waals surface area contributed by atoms with E-state index in [0.717, 1.165) is 0 Å². The summed E-state index contributed by atoms with van der Waals surface area (Å²) in [5.41, 5.74) is 7.41. The number of rotatable bonds is 12. The smallest absolute Gasteiger partial charge is 0.394 e. The third kappa shape index (κ3) is 7.94. The Balaban J connectivity index is 5.64. The Kier molecular flexibility index (Phi) is 9.85. The van der Waals surface area contributed by atoms with Crippen LogP contribution in [0.5, 0.6) is 0 Å². The van der Waals surface area contributed by atoms with Crippen LogP contribution < -0.4 is 0 Å². The zero-order valence-electron chi connectivity index (χ0n) is 14.5. The van der Waals surface area contributed by atoms with Crippen LogP contribution in [-0.2, 0) is 16.5 Å². The summed E-state index contributed by atoms with van der Waals surface area (Å²) in [7, 11) is -10.3. The van der Waals surface area contributed by atoms with Crippen molar-refractivity contribution in [2.24, 2.45) is 0 Å². The Bertz CT molecular complexity index is 361. The van der Waals surface area contributed by atoms with Crippen molar-refractivity contribution in [1.29, 1.82) is 0 Å². The maximum absolute atomic E-state index is 6.35. The van der Waals surface area contributed by atoms with Gasteiger partial charge < -0.3 is 16.5 Å². The molecule has 0 amide bonds. The van der Waals surface area contributed by atoms with Crippen molar-refractivity contribution in [3.05, 3.63) is 49.1 Å². The van der Waals surface area contributed by atoms with Crippen molar-refractivity contribution >= 4 is 44.5 Å². The topological polar surface area (TPSA) is 36.9 Å². The van der Waals surface area contributed by atoms with Gasteiger partial charge in [-0.15, -0.1) is 26.3 Å². The summed E-state index contributed by atoms with van der Waals surface area (Å²) in [5, 5.41) is 0. The molecule has 4 nitrogen and oxygen atoms in total. The van der Waals surface area contributed by atoms with Crippen LogP contribution in [0.25, 0.3) is 0 Å². The Morgan fingerprint density at radius 3 is 1.27 bits per heavy atom. The average Bonchev–Trinajstić information content (AvgIpc) is 2.45. The van der Waals surface area contributed by atoms with Gasteiger partial charge in [-0.1, -0.05) is 22.8 Å². The summed E-state index contributed by atoms with van der Waals surface area (Å²) < 4.78 is 25.0. The largest absolute Gasteiger partial charge is 0.637 e. The summed E-state index contributed by atoms with van der Waals surface area (Å²) >= 11 is 0. The SMILES string of the molecule is C=C[SiH](C)O[Si](O[SiH](C)C=C)(O[SiH](C)C=C)O[Si](C)(C)C=C. The van der Waals surface area contributed by atoms with Crippen LogP contribution in [0.2, 0.25) is 32.7 Å². The zero-order chi connectivity index (χ0) is 17.4. The molecule has 0 spiro atoms. The molecule has 0 aliphatic rings. The number of hydrogen-bond acceptors (Lipinski definition) is 4. The highest BCUT2D eigenvalue weighted by Gasteiger charge is 2.51. The molecule has 0 aromatic rings.